The minimum atomic E-state index is -3.03. The number of anilines is 1. The molecule has 2 aliphatic heterocycles. The summed E-state index contributed by atoms with van der Waals surface area (Å²) in [7, 11) is -1.41. The van der Waals surface area contributed by atoms with E-state index in [4.69, 9.17) is 4.74 Å². The SMILES string of the molecule is COc1ccc2c(c1)CCN2C(=O)C1CCS(=O)(=O)C1. The van der Waals surface area contributed by atoms with Gasteiger partial charge in [0.25, 0.3) is 0 Å². The number of sulfone groups is 1. The summed E-state index contributed by atoms with van der Waals surface area (Å²) < 4.78 is 28.2. The molecule has 3 rings (SSSR count). The topological polar surface area (TPSA) is 63.7 Å². The first kappa shape index (κ1) is 13.4. The highest BCUT2D eigenvalue weighted by molar-refractivity contribution is 7.91. The Labute approximate surface area is 118 Å². The molecular weight excluding hydrogens is 278 g/mol. The molecule has 5 nitrogen and oxygen atoms in total. The van der Waals surface area contributed by atoms with Crippen molar-refractivity contribution in [2.45, 2.75) is 12.8 Å². The number of methoxy groups -OCH3 is 1. The van der Waals surface area contributed by atoms with E-state index in [0.29, 0.717) is 13.0 Å². The molecule has 2 heterocycles. The highest BCUT2D eigenvalue weighted by atomic mass is 32.2. The largest absolute Gasteiger partial charge is 0.497 e. The van der Waals surface area contributed by atoms with Crippen LogP contribution in [0.3, 0.4) is 0 Å². The van der Waals surface area contributed by atoms with Gasteiger partial charge in [0, 0.05) is 12.2 Å². The second-order valence-electron chi connectivity index (χ2n) is 5.33. The lowest BCUT2D eigenvalue weighted by atomic mass is 10.1. The van der Waals surface area contributed by atoms with Gasteiger partial charge in [-0.15, -0.1) is 0 Å². The third-order valence-electron chi connectivity index (χ3n) is 4.03. The zero-order valence-electron chi connectivity index (χ0n) is 11.3. The molecule has 1 aromatic carbocycles. The van der Waals surface area contributed by atoms with Crippen molar-refractivity contribution in [3.05, 3.63) is 23.8 Å². The molecule has 1 atom stereocenters. The van der Waals surface area contributed by atoms with Gasteiger partial charge in [-0.05, 0) is 36.6 Å². The normalized spacial score (nSPS) is 23.6. The van der Waals surface area contributed by atoms with Crippen molar-refractivity contribution in [3.8, 4) is 5.75 Å². The Morgan fingerprint density at radius 1 is 1.40 bits per heavy atom. The predicted molar refractivity (Wildman–Crippen MR) is 75.8 cm³/mol. The number of fused-ring (bicyclic) bond motifs is 1. The fourth-order valence-electron chi connectivity index (χ4n) is 2.94. The number of ether oxygens (including phenoxy) is 1. The molecule has 1 unspecified atom stereocenters. The van der Waals surface area contributed by atoms with Crippen molar-refractivity contribution in [2.75, 3.05) is 30.1 Å². The van der Waals surface area contributed by atoms with Crippen molar-refractivity contribution >= 4 is 21.4 Å². The van der Waals surface area contributed by atoms with E-state index in [1.54, 1.807) is 12.0 Å². The Hall–Kier alpha value is -1.56. The van der Waals surface area contributed by atoms with Crippen LogP contribution in [0.25, 0.3) is 0 Å². The molecule has 1 saturated heterocycles. The molecule has 0 aromatic heterocycles. The molecule has 0 N–H and O–H groups in total. The monoisotopic (exact) mass is 295 g/mol. The lowest BCUT2D eigenvalue weighted by Crippen LogP contribution is -2.35. The van der Waals surface area contributed by atoms with Crippen LogP contribution in [0.2, 0.25) is 0 Å². The van der Waals surface area contributed by atoms with Crippen LogP contribution in [0.1, 0.15) is 12.0 Å². The van der Waals surface area contributed by atoms with Crippen LogP contribution >= 0.6 is 0 Å². The maximum atomic E-state index is 12.5. The van der Waals surface area contributed by atoms with Gasteiger partial charge >= 0.3 is 0 Å². The average molecular weight is 295 g/mol. The van der Waals surface area contributed by atoms with Crippen LogP contribution in [0.5, 0.6) is 5.75 Å². The molecule has 20 heavy (non-hydrogen) atoms. The number of carbonyl (C=O) groups excluding carboxylic acids is 1. The Balaban J connectivity index is 1.83. The highest BCUT2D eigenvalue weighted by Crippen LogP contribution is 2.33. The minimum Gasteiger partial charge on any atom is -0.497 e. The van der Waals surface area contributed by atoms with Crippen LogP contribution in [-0.2, 0) is 21.1 Å². The van der Waals surface area contributed by atoms with Gasteiger partial charge in [-0.25, -0.2) is 8.42 Å². The molecule has 2 aliphatic rings. The smallest absolute Gasteiger partial charge is 0.231 e. The molecule has 1 amide bonds. The summed E-state index contributed by atoms with van der Waals surface area (Å²) in [4.78, 5) is 14.2. The van der Waals surface area contributed by atoms with Crippen molar-refractivity contribution < 1.29 is 17.9 Å². The first-order chi connectivity index (χ1) is 9.50. The minimum absolute atomic E-state index is 0.00613. The van der Waals surface area contributed by atoms with E-state index in [-0.39, 0.29) is 23.3 Å². The van der Waals surface area contributed by atoms with E-state index in [1.165, 1.54) is 0 Å². The van der Waals surface area contributed by atoms with Crippen LogP contribution in [0.4, 0.5) is 5.69 Å². The molecule has 1 fully saturated rings. The van der Waals surface area contributed by atoms with Gasteiger partial charge in [0.1, 0.15) is 5.75 Å². The van der Waals surface area contributed by atoms with Gasteiger partial charge < -0.3 is 9.64 Å². The number of rotatable bonds is 2. The molecule has 1 aromatic rings. The van der Waals surface area contributed by atoms with Crippen molar-refractivity contribution in [1.82, 2.24) is 0 Å². The van der Waals surface area contributed by atoms with E-state index in [2.05, 4.69) is 0 Å². The Morgan fingerprint density at radius 3 is 2.85 bits per heavy atom. The van der Waals surface area contributed by atoms with Crippen LogP contribution in [0.15, 0.2) is 18.2 Å². The van der Waals surface area contributed by atoms with E-state index >= 15 is 0 Å². The van der Waals surface area contributed by atoms with Crippen molar-refractivity contribution in [1.29, 1.82) is 0 Å². The van der Waals surface area contributed by atoms with Gasteiger partial charge in [0.15, 0.2) is 9.84 Å². The van der Waals surface area contributed by atoms with Gasteiger partial charge in [0.05, 0.1) is 24.5 Å². The summed E-state index contributed by atoms with van der Waals surface area (Å²) in [6.07, 6.45) is 1.24. The summed E-state index contributed by atoms with van der Waals surface area (Å²) in [5, 5.41) is 0. The van der Waals surface area contributed by atoms with Gasteiger partial charge in [0.2, 0.25) is 5.91 Å². The second kappa shape index (κ2) is 4.77. The number of nitrogens with zero attached hydrogens (tertiary/aromatic N) is 1. The van der Waals surface area contributed by atoms with Crippen LogP contribution in [-0.4, -0.2) is 39.5 Å². The molecule has 6 heteroatoms. The molecule has 0 spiro atoms. The maximum Gasteiger partial charge on any atom is 0.231 e. The number of carbonyl (C=O) groups is 1. The molecule has 0 bridgehead atoms. The van der Waals surface area contributed by atoms with E-state index in [0.717, 1.165) is 23.4 Å². The zero-order valence-corrected chi connectivity index (χ0v) is 12.1. The first-order valence-corrected chi connectivity index (χ1v) is 8.51. The standard InChI is InChI=1S/C14H17NO4S/c1-19-12-2-3-13-10(8-12)4-6-15(13)14(16)11-5-7-20(17,18)9-11/h2-3,8,11H,4-7,9H2,1H3. The van der Waals surface area contributed by atoms with Crippen LogP contribution < -0.4 is 9.64 Å². The summed E-state index contributed by atoms with van der Waals surface area (Å²) in [5.41, 5.74) is 1.97. The van der Waals surface area contributed by atoms with E-state index in [1.807, 2.05) is 18.2 Å². The van der Waals surface area contributed by atoms with E-state index in [9.17, 15) is 13.2 Å². The van der Waals surface area contributed by atoms with Crippen molar-refractivity contribution in [3.63, 3.8) is 0 Å². The summed E-state index contributed by atoms with van der Waals surface area (Å²) in [6, 6.07) is 5.65. The fraction of sp³-hybridized carbons (Fsp3) is 0.500. The molecular formula is C14H17NO4S. The lowest BCUT2D eigenvalue weighted by Gasteiger charge is -2.20. The maximum absolute atomic E-state index is 12.5. The van der Waals surface area contributed by atoms with Gasteiger partial charge in [-0.2, -0.15) is 0 Å². The number of hydrogen-bond donors (Lipinski definition) is 0. The summed E-state index contributed by atoms with van der Waals surface area (Å²) in [6.45, 7) is 0.623. The van der Waals surface area contributed by atoms with Gasteiger partial charge in [-0.3, -0.25) is 4.79 Å². The lowest BCUT2D eigenvalue weighted by molar-refractivity contribution is -0.121. The first-order valence-electron chi connectivity index (χ1n) is 6.69. The summed E-state index contributed by atoms with van der Waals surface area (Å²) in [5.74, 6) is 0.463. The number of benzene rings is 1. The molecule has 0 saturated carbocycles. The second-order valence-corrected chi connectivity index (χ2v) is 7.56. The van der Waals surface area contributed by atoms with Crippen LogP contribution in [0, 0.1) is 5.92 Å². The Kier molecular flexibility index (Phi) is 3.20. The molecule has 108 valence electrons. The quantitative estimate of drug-likeness (QED) is 0.817. The van der Waals surface area contributed by atoms with Crippen molar-refractivity contribution in [2.24, 2.45) is 5.92 Å². The van der Waals surface area contributed by atoms with Gasteiger partial charge in [-0.1, -0.05) is 0 Å². The Morgan fingerprint density at radius 2 is 2.20 bits per heavy atom. The van der Waals surface area contributed by atoms with E-state index < -0.39 is 9.84 Å². The number of hydrogen-bond acceptors (Lipinski definition) is 4. The fourth-order valence-corrected chi connectivity index (χ4v) is 4.68. The predicted octanol–water partition coefficient (Wildman–Crippen LogP) is 1.02. The number of amides is 1. The average Bonchev–Trinajstić information content (AvgIpc) is 3.00. The third kappa shape index (κ3) is 2.28. The Bertz CT molecular complexity index is 653. The highest BCUT2D eigenvalue weighted by Gasteiger charge is 2.37. The zero-order chi connectivity index (χ0) is 14.3. The summed E-state index contributed by atoms with van der Waals surface area (Å²) >= 11 is 0. The molecule has 0 radical (unpaired) electrons. The molecule has 0 aliphatic carbocycles. The third-order valence-corrected chi connectivity index (χ3v) is 5.80.